The number of carboxylic acid groups (broad SMARTS) is 1. The fourth-order valence-electron chi connectivity index (χ4n) is 1.01. The van der Waals surface area contributed by atoms with Gasteiger partial charge in [0.15, 0.2) is 0 Å². The van der Waals surface area contributed by atoms with E-state index in [2.05, 4.69) is 0 Å². The zero-order chi connectivity index (χ0) is 12.1. The number of nitrogens with zero attached hydrogens (tertiary/aromatic N) is 1. The summed E-state index contributed by atoms with van der Waals surface area (Å²) in [6.45, 7) is 1.47. The van der Waals surface area contributed by atoms with E-state index >= 15 is 0 Å². The molecule has 0 spiro atoms. The quantitative estimate of drug-likeness (QED) is 0.813. The Morgan fingerprint density at radius 2 is 2.25 bits per heavy atom. The van der Waals surface area contributed by atoms with E-state index in [1.165, 1.54) is 36.3 Å². The average molecular weight is 239 g/mol. The van der Waals surface area contributed by atoms with Crippen LogP contribution in [0.4, 0.5) is 0 Å². The van der Waals surface area contributed by atoms with E-state index in [0.29, 0.717) is 0 Å². The average Bonchev–Trinajstić information content (AvgIpc) is 2.76. The zero-order valence-corrected chi connectivity index (χ0v) is 9.90. The third-order valence-corrected chi connectivity index (χ3v) is 3.06. The van der Waals surface area contributed by atoms with Gasteiger partial charge in [-0.2, -0.15) is 0 Å². The molecular weight excluding hydrogens is 226 g/mol. The van der Waals surface area contributed by atoms with Crippen LogP contribution in [0.1, 0.15) is 11.8 Å². The SMILES string of the molecule is CC(C(=O)O)N(C)C(=O)C=Cc1cccs1. The van der Waals surface area contributed by atoms with Gasteiger partial charge in [-0.1, -0.05) is 6.07 Å². The molecule has 86 valence electrons. The maximum absolute atomic E-state index is 11.6. The normalized spacial score (nSPS) is 12.6. The van der Waals surface area contributed by atoms with Crippen molar-refractivity contribution in [2.75, 3.05) is 7.05 Å². The number of likely N-dealkylation sites (N-methyl/N-ethyl adjacent to an activating group) is 1. The summed E-state index contributed by atoms with van der Waals surface area (Å²) in [5.41, 5.74) is 0. The van der Waals surface area contributed by atoms with Gasteiger partial charge in [0, 0.05) is 18.0 Å². The van der Waals surface area contributed by atoms with Crippen LogP contribution in [0, 0.1) is 0 Å². The Hall–Kier alpha value is -1.62. The lowest BCUT2D eigenvalue weighted by molar-refractivity contribution is -0.146. The van der Waals surface area contributed by atoms with Crippen LogP contribution in [-0.2, 0) is 9.59 Å². The highest BCUT2D eigenvalue weighted by Gasteiger charge is 2.19. The Morgan fingerprint density at radius 3 is 2.75 bits per heavy atom. The van der Waals surface area contributed by atoms with Crippen molar-refractivity contribution < 1.29 is 14.7 Å². The number of rotatable bonds is 4. The molecule has 1 amide bonds. The molecule has 0 aromatic carbocycles. The summed E-state index contributed by atoms with van der Waals surface area (Å²) >= 11 is 1.52. The van der Waals surface area contributed by atoms with Crippen LogP contribution < -0.4 is 0 Å². The smallest absolute Gasteiger partial charge is 0.326 e. The second-order valence-electron chi connectivity index (χ2n) is 3.31. The minimum atomic E-state index is -1.01. The molecule has 1 aromatic rings. The first-order valence-corrected chi connectivity index (χ1v) is 5.61. The fourth-order valence-corrected chi connectivity index (χ4v) is 1.63. The topological polar surface area (TPSA) is 57.6 Å². The molecule has 0 aliphatic carbocycles. The van der Waals surface area contributed by atoms with Crippen LogP contribution in [0.3, 0.4) is 0 Å². The molecule has 1 heterocycles. The number of thiophene rings is 1. The molecule has 5 heteroatoms. The first kappa shape index (κ1) is 12.4. The standard InChI is InChI=1S/C11H13NO3S/c1-8(11(14)15)12(2)10(13)6-5-9-4-3-7-16-9/h3-8H,1-2H3,(H,14,15). The van der Waals surface area contributed by atoms with Gasteiger partial charge >= 0.3 is 5.97 Å². The largest absolute Gasteiger partial charge is 0.480 e. The minimum absolute atomic E-state index is 0.316. The summed E-state index contributed by atoms with van der Waals surface area (Å²) < 4.78 is 0. The molecule has 1 N–H and O–H groups in total. The molecular formula is C11H13NO3S. The molecule has 0 radical (unpaired) electrons. The summed E-state index contributed by atoms with van der Waals surface area (Å²) in [5.74, 6) is -1.33. The zero-order valence-electron chi connectivity index (χ0n) is 9.08. The predicted molar refractivity (Wildman–Crippen MR) is 63.2 cm³/mol. The lowest BCUT2D eigenvalue weighted by Crippen LogP contribution is -2.39. The van der Waals surface area contributed by atoms with Gasteiger partial charge in [-0.3, -0.25) is 4.79 Å². The fraction of sp³-hybridized carbons (Fsp3) is 0.273. The lowest BCUT2D eigenvalue weighted by atomic mass is 10.3. The predicted octanol–water partition coefficient (Wildman–Crippen LogP) is 1.69. The van der Waals surface area contributed by atoms with Gasteiger partial charge in [-0.25, -0.2) is 4.79 Å². The summed E-state index contributed by atoms with van der Waals surface area (Å²) in [5, 5.41) is 10.6. The summed E-state index contributed by atoms with van der Waals surface area (Å²) in [7, 11) is 1.47. The molecule has 4 nitrogen and oxygen atoms in total. The van der Waals surface area contributed by atoms with Crippen molar-refractivity contribution >= 4 is 29.3 Å². The number of carbonyl (C=O) groups is 2. The van der Waals surface area contributed by atoms with Crippen LogP contribution in [0.25, 0.3) is 6.08 Å². The van der Waals surface area contributed by atoms with E-state index in [4.69, 9.17) is 5.11 Å². The molecule has 1 aromatic heterocycles. The molecule has 0 aliphatic rings. The van der Waals surface area contributed by atoms with Gasteiger partial charge in [-0.15, -0.1) is 11.3 Å². The van der Waals surface area contributed by atoms with Crippen molar-refractivity contribution in [1.29, 1.82) is 0 Å². The van der Waals surface area contributed by atoms with Gasteiger partial charge < -0.3 is 10.0 Å². The number of amides is 1. The molecule has 0 fully saturated rings. The molecule has 0 saturated carbocycles. The number of carboxylic acids is 1. The van der Waals surface area contributed by atoms with E-state index in [0.717, 1.165) is 4.88 Å². The van der Waals surface area contributed by atoms with Gasteiger partial charge in [-0.05, 0) is 24.4 Å². The van der Waals surface area contributed by atoms with Crippen LogP contribution in [0.2, 0.25) is 0 Å². The van der Waals surface area contributed by atoms with Crippen LogP contribution in [0.5, 0.6) is 0 Å². The summed E-state index contributed by atoms with van der Waals surface area (Å²) in [4.78, 5) is 24.4. The van der Waals surface area contributed by atoms with E-state index in [9.17, 15) is 9.59 Å². The molecule has 0 saturated heterocycles. The number of aliphatic carboxylic acids is 1. The van der Waals surface area contributed by atoms with E-state index < -0.39 is 12.0 Å². The number of carbonyl (C=O) groups excluding carboxylic acids is 1. The molecule has 1 unspecified atom stereocenters. The van der Waals surface area contributed by atoms with Crippen LogP contribution >= 0.6 is 11.3 Å². The van der Waals surface area contributed by atoms with Crippen LogP contribution in [0.15, 0.2) is 23.6 Å². The minimum Gasteiger partial charge on any atom is -0.480 e. The summed E-state index contributed by atoms with van der Waals surface area (Å²) in [6.07, 6.45) is 3.06. The van der Waals surface area contributed by atoms with Crippen molar-refractivity contribution in [1.82, 2.24) is 4.90 Å². The molecule has 0 aliphatic heterocycles. The lowest BCUT2D eigenvalue weighted by Gasteiger charge is -2.19. The molecule has 1 atom stereocenters. The highest BCUT2D eigenvalue weighted by molar-refractivity contribution is 7.10. The highest BCUT2D eigenvalue weighted by atomic mass is 32.1. The second-order valence-corrected chi connectivity index (χ2v) is 4.29. The Kier molecular flexibility index (Phi) is 4.25. The van der Waals surface area contributed by atoms with Crippen molar-refractivity contribution in [2.24, 2.45) is 0 Å². The molecule has 1 rings (SSSR count). The van der Waals surface area contributed by atoms with Gasteiger partial charge in [0.25, 0.3) is 0 Å². The number of hydrogen-bond donors (Lipinski definition) is 1. The Balaban J connectivity index is 2.62. The molecule has 0 bridgehead atoms. The van der Waals surface area contributed by atoms with Crippen molar-refractivity contribution in [3.05, 3.63) is 28.5 Å². The van der Waals surface area contributed by atoms with Crippen molar-refractivity contribution in [3.63, 3.8) is 0 Å². The second kappa shape index (κ2) is 5.46. The van der Waals surface area contributed by atoms with Crippen molar-refractivity contribution in [2.45, 2.75) is 13.0 Å². The number of hydrogen-bond acceptors (Lipinski definition) is 3. The van der Waals surface area contributed by atoms with Crippen LogP contribution in [-0.4, -0.2) is 35.0 Å². The third-order valence-electron chi connectivity index (χ3n) is 2.22. The first-order valence-electron chi connectivity index (χ1n) is 4.73. The third kappa shape index (κ3) is 3.20. The summed E-state index contributed by atoms with van der Waals surface area (Å²) in [6, 6.07) is 2.95. The Bertz CT molecular complexity index is 397. The van der Waals surface area contributed by atoms with Gasteiger partial charge in [0.1, 0.15) is 6.04 Å². The first-order chi connectivity index (χ1) is 7.52. The highest BCUT2D eigenvalue weighted by Crippen LogP contribution is 2.10. The Labute approximate surface area is 97.8 Å². The van der Waals surface area contributed by atoms with E-state index in [1.807, 2.05) is 17.5 Å². The van der Waals surface area contributed by atoms with E-state index in [-0.39, 0.29) is 5.91 Å². The maximum atomic E-state index is 11.6. The van der Waals surface area contributed by atoms with Gasteiger partial charge in [0.05, 0.1) is 0 Å². The maximum Gasteiger partial charge on any atom is 0.326 e. The molecule has 16 heavy (non-hydrogen) atoms. The van der Waals surface area contributed by atoms with E-state index in [1.54, 1.807) is 6.08 Å². The Morgan fingerprint density at radius 1 is 1.56 bits per heavy atom. The monoisotopic (exact) mass is 239 g/mol. The van der Waals surface area contributed by atoms with Crippen molar-refractivity contribution in [3.8, 4) is 0 Å². The van der Waals surface area contributed by atoms with Gasteiger partial charge in [0.2, 0.25) is 5.91 Å².